The summed E-state index contributed by atoms with van der Waals surface area (Å²) in [4.78, 5) is 15.9. The Morgan fingerprint density at radius 3 is 2.62 bits per heavy atom. The molecule has 0 bridgehead atoms. The Morgan fingerprint density at radius 2 is 2.12 bits per heavy atom. The van der Waals surface area contributed by atoms with Gasteiger partial charge in [0.2, 0.25) is 0 Å². The molecule has 5 heteroatoms. The van der Waals surface area contributed by atoms with Crippen molar-refractivity contribution in [2.24, 2.45) is 7.05 Å². The number of nitrogens with one attached hydrogen (secondary N) is 1. The molecule has 2 rings (SSSR count). The normalized spacial score (nSPS) is 10.8. The number of aryl methyl sites for hydroxylation is 3. The first kappa shape index (κ1) is 11.0. The molecule has 0 fully saturated rings. The van der Waals surface area contributed by atoms with Crippen molar-refractivity contribution in [3.05, 3.63) is 39.0 Å². The largest absolute Gasteiger partial charge is 0.300 e. The van der Waals surface area contributed by atoms with Crippen LogP contribution in [0, 0.1) is 13.8 Å². The molecule has 0 aliphatic rings. The Kier molecular flexibility index (Phi) is 2.59. The summed E-state index contributed by atoms with van der Waals surface area (Å²) >= 11 is 5.85. The summed E-state index contributed by atoms with van der Waals surface area (Å²) < 4.78 is 1.45. The number of hydrogen-bond acceptors (Lipinski definition) is 2. The SMILES string of the molecule is Cc1cc(-c2c(C)[nH]n(C)c2=O)cnc1Cl. The third kappa shape index (κ3) is 1.65. The summed E-state index contributed by atoms with van der Waals surface area (Å²) in [5, 5.41) is 3.42. The van der Waals surface area contributed by atoms with E-state index < -0.39 is 0 Å². The fourth-order valence-corrected chi connectivity index (χ4v) is 1.82. The van der Waals surface area contributed by atoms with Crippen molar-refractivity contribution >= 4 is 11.6 Å². The molecule has 1 N–H and O–H groups in total. The molecule has 0 radical (unpaired) electrons. The molecule has 0 aliphatic heterocycles. The minimum atomic E-state index is -0.0546. The zero-order valence-corrected chi connectivity index (χ0v) is 10.1. The summed E-state index contributed by atoms with van der Waals surface area (Å²) in [6.07, 6.45) is 1.62. The molecule has 2 heterocycles. The first-order chi connectivity index (χ1) is 7.50. The third-order valence-corrected chi connectivity index (χ3v) is 2.93. The lowest BCUT2D eigenvalue weighted by Crippen LogP contribution is -2.13. The van der Waals surface area contributed by atoms with Crippen LogP contribution in [0.15, 0.2) is 17.1 Å². The topological polar surface area (TPSA) is 50.7 Å². The highest BCUT2D eigenvalue weighted by atomic mass is 35.5. The van der Waals surface area contributed by atoms with Crippen LogP contribution in [0.5, 0.6) is 0 Å². The van der Waals surface area contributed by atoms with Crippen LogP contribution in [0.4, 0.5) is 0 Å². The molecule has 0 spiro atoms. The third-order valence-electron chi connectivity index (χ3n) is 2.53. The molecule has 84 valence electrons. The summed E-state index contributed by atoms with van der Waals surface area (Å²) in [5.41, 5.74) is 3.08. The second-order valence-corrected chi connectivity index (χ2v) is 4.17. The Balaban J connectivity index is 2.68. The molecule has 0 aromatic carbocycles. The van der Waals surface area contributed by atoms with Gasteiger partial charge in [0.15, 0.2) is 0 Å². The number of aromatic amines is 1. The molecule has 2 aromatic rings. The van der Waals surface area contributed by atoms with Gasteiger partial charge in [-0.05, 0) is 25.5 Å². The van der Waals surface area contributed by atoms with Crippen LogP contribution in [0.25, 0.3) is 11.1 Å². The van der Waals surface area contributed by atoms with E-state index in [-0.39, 0.29) is 5.56 Å². The van der Waals surface area contributed by atoms with Crippen molar-refractivity contribution in [1.82, 2.24) is 14.8 Å². The van der Waals surface area contributed by atoms with Crippen molar-refractivity contribution in [1.29, 1.82) is 0 Å². The van der Waals surface area contributed by atoms with E-state index in [2.05, 4.69) is 10.1 Å². The summed E-state index contributed by atoms with van der Waals surface area (Å²) in [7, 11) is 1.69. The Bertz CT molecular complexity index is 598. The van der Waals surface area contributed by atoms with E-state index in [1.807, 2.05) is 19.9 Å². The van der Waals surface area contributed by atoms with Crippen LogP contribution in [0.3, 0.4) is 0 Å². The standard InChI is InChI=1S/C11H12ClN3O/c1-6-4-8(5-13-10(6)12)9-7(2)14-15(3)11(9)16/h4-5,14H,1-3H3. The zero-order valence-electron chi connectivity index (χ0n) is 9.34. The highest BCUT2D eigenvalue weighted by Crippen LogP contribution is 2.21. The van der Waals surface area contributed by atoms with Gasteiger partial charge in [0, 0.05) is 24.5 Å². The van der Waals surface area contributed by atoms with Gasteiger partial charge in [0.1, 0.15) is 5.15 Å². The van der Waals surface area contributed by atoms with Crippen LogP contribution in [0.1, 0.15) is 11.3 Å². The molecular weight excluding hydrogens is 226 g/mol. The number of rotatable bonds is 1. The van der Waals surface area contributed by atoms with Gasteiger partial charge in [-0.3, -0.25) is 14.6 Å². The van der Waals surface area contributed by atoms with Gasteiger partial charge in [-0.25, -0.2) is 4.98 Å². The second kappa shape index (κ2) is 3.79. The fraction of sp³-hybridized carbons (Fsp3) is 0.273. The van der Waals surface area contributed by atoms with Gasteiger partial charge in [-0.2, -0.15) is 0 Å². The van der Waals surface area contributed by atoms with Crippen LogP contribution in [0.2, 0.25) is 5.15 Å². The number of aromatic nitrogens is 3. The van der Waals surface area contributed by atoms with Crippen LogP contribution >= 0.6 is 11.6 Å². The monoisotopic (exact) mass is 237 g/mol. The molecule has 0 saturated carbocycles. The lowest BCUT2D eigenvalue weighted by Gasteiger charge is -2.01. The van der Waals surface area contributed by atoms with Crippen molar-refractivity contribution in [2.45, 2.75) is 13.8 Å². The molecule has 0 saturated heterocycles. The van der Waals surface area contributed by atoms with Crippen molar-refractivity contribution in [3.63, 3.8) is 0 Å². The molecule has 16 heavy (non-hydrogen) atoms. The first-order valence-electron chi connectivity index (χ1n) is 4.89. The summed E-state index contributed by atoms with van der Waals surface area (Å²) in [6, 6.07) is 1.87. The van der Waals surface area contributed by atoms with Crippen LogP contribution in [-0.2, 0) is 7.05 Å². The van der Waals surface area contributed by atoms with Gasteiger partial charge < -0.3 is 0 Å². The minimum absolute atomic E-state index is 0.0546. The van der Waals surface area contributed by atoms with E-state index >= 15 is 0 Å². The van der Waals surface area contributed by atoms with E-state index in [1.54, 1.807) is 13.2 Å². The molecule has 0 amide bonds. The maximum absolute atomic E-state index is 11.9. The van der Waals surface area contributed by atoms with Crippen molar-refractivity contribution in [2.75, 3.05) is 0 Å². The quantitative estimate of drug-likeness (QED) is 0.772. The molecule has 2 aromatic heterocycles. The molecular formula is C11H12ClN3O. The van der Waals surface area contributed by atoms with Crippen molar-refractivity contribution in [3.8, 4) is 11.1 Å². The van der Waals surface area contributed by atoms with E-state index in [4.69, 9.17) is 11.6 Å². The molecule has 0 atom stereocenters. The minimum Gasteiger partial charge on any atom is -0.300 e. The Labute approximate surface area is 97.9 Å². The van der Waals surface area contributed by atoms with Crippen LogP contribution in [-0.4, -0.2) is 14.8 Å². The summed E-state index contributed by atoms with van der Waals surface area (Å²) in [5.74, 6) is 0. The summed E-state index contributed by atoms with van der Waals surface area (Å²) in [6.45, 7) is 3.73. The van der Waals surface area contributed by atoms with E-state index in [0.717, 1.165) is 16.8 Å². The number of nitrogens with zero attached hydrogens (tertiary/aromatic N) is 2. The fourth-order valence-electron chi connectivity index (χ4n) is 1.72. The maximum atomic E-state index is 11.9. The average Bonchev–Trinajstić information content (AvgIpc) is 2.47. The predicted molar refractivity (Wildman–Crippen MR) is 63.7 cm³/mol. The number of H-pyrrole nitrogens is 1. The Hall–Kier alpha value is -1.55. The number of pyridine rings is 1. The van der Waals surface area contributed by atoms with Gasteiger partial charge >= 0.3 is 0 Å². The first-order valence-corrected chi connectivity index (χ1v) is 5.26. The van der Waals surface area contributed by atoms with E-state index in [1.165, 1.54) is 4.68 Å². The smallest absolute Gasteiger partial charge is 0.274 e. The maximum Gasteiger partial charge on any atom is 0.274 e. The highest BCUT2D eigenvalue weighted by molar-refractivity contribution is 6.30. The van der Waals surface area contributed by atoms with Gasteiger partial charge in [-0.15, -0.1) is 0 Å². The number of hydrogen-bond donors (Lipinski definition) is 1. The predicted octanol–water partition coefficient (Wildman–Crippen LogP) is 2.05. The molecule has 4 nitrogen and oxygen atoms in total. The van der Waals surface area contributed by atoms with E-state index in [0.29, 0.717) is 10.7 Å². The number of halogens is 1. The lowest BCUT2D eigenvalue weighted by atomic mass is 10.1. The van der Waals surface area contributed by atoms with Gasteiger partial charge in [0.25, 0.3) is 5.56 Å². The molecule has 0 aliphatic carbocycles. The van der Waals surface area contributed by atoms with E-state index in [9.17, 15) is 4.79 Å². The molecule has 0 unspecified atom stereocenters. The Morgan fingerprint density at radius 1 is 1.44 bits per heavy atom. The second-order valence-electron chi connectivity index (χ2n) is 3.81. The highest BCUT2D eigenvalue weighted by Gasteiger charge is 2.12. The van der Waals surface area contributed by atoms with Gasteiger partial charge in [-0.1, -0.05) is 11.6 Å². The lowest BCUT2D eigenvalue weighted by molar-refractivity contribution is 0.731. The van der Waals surface area contributed by atoms with Crippen LogP contribution < -0.4 is 5.56 Å². The van der Waals surface area contributed by atoms with Crippen molar-refractivity contribution < 1.29 is 0 Å². The van der Waals surface area contributed by atoms with Gasteiger partial charge in [0.05, 0.1) is 5.56 Å². The zero-order chi connectivity index (χ0) is 11.9. The average molecular weight is 238 g/mol.